The summed E-state index contributed by atoms with van der Waals surface area (Å²) < 4.78 is 0. The Balaban J connectivity index is 1.55. The number of rotatable bonds is 6. The second-order valence-corrected chi connectivity index (χ2v) is 6.33. The fraction of sp³-hybridized carbons (Fsp3) is 0.350. The zero-order valence-corrected chi connectivity index (χ0v) is 13.5. The number of aromatic hydroxyl groups is 1. The number of hydrogen-bond donors (Lipinski definition) is 2. The molecule has 3 rings (SSSR count). The van der Waals surface area contributed by atoms with Crippen molar-refractivity contribution in [3.05, 3.63) is 59.7 Å². The van der Waals surface area contributed by atoms with Crippen LogP contribution in [0.5, 0.6) is 5.75 Å². The van der Waals surface area contributed by atoms with Gasteiger partial charge in [-0.3, -0.25) is 4.79 Å². The van der Waals surface area contributed by atoms with Gasteiger partial charge >= 0.3 is 0 Å². The molecule has 2 aromatic rings. The zero-order valence-electron chi connectivity index (χ0n) is 13.5. The molecule has 0 aromatic heterocycles. The lowest BCUT2D eigenvalue weighted by Crippen LogP contribution is -2.14. The first-order valence-corrected chi connectivity index (χ1v) is 8.36. The minimum atomic E-state index is 0.0410. The van der Waals surface area contributed by atoms with E-state index in [4.69, 9.17) is 0 Å². The van der Waals surface area contributed by atoms with Crippen molar-refractivity contribution in [3.63, 3.8) is 0 Å². The van der Waals surface area contributed by atoms with E-state index in [0.29, 0.717) is 0 Å². The van der Waals surface area contributed by atoms with E-state index in [9.17, 15) is 9.90 Å². The number of phenols is 1. The largest absolute Gasteiger partial charge is 0.508 e. The van der Waals surface area contributed by atoms with Crippen molar-refractivity contribution < 1.29 is 9.90 Å². The van der Waals surface area contributed by atoms with Crippen molar-refractivity contribution >= 4 is 11.6 Å². The molecule has 3 nitrogen and oxygen atoms in total. The topological polar surface area (TPSA) is 49.3 Å². The maximum absolute atomic E-state index is 12.3. The first-order valence-electron chi connectivity index (χ1n) is 8.36. The van der Waals surface area contributed by atoms with Crippen LogP contribution in [-0.2, 0) is 11.2 Å². The number of aryl methyl sites for hydroxylation is 1. The molecule has 2 unspecified atom stereocenters. The summed E-state index contributed by atoms with van der Waals surface area (Å²) in [6.07, 6.45) is 4.36. The van der Waals surface area contributed by atoms with Gasteiger partial charge < -0.3 is 10.4 Å². The predicted molar refractivity (Wildman–Crippen MR) is 92.6 cm³/mol. The third-order valence-corrected chi connectivity index (χ3v) is 4.49. The van der Waals surface area contributed by atoms with Crippen LogP contribution in [0.25, 0.3) is 0 Å². The first-order chi connectivity index (χ1) is 11.2. The lowest BCUT2D eigenvalue weighted by Gasteiger charge is -2.07. The highest BCUT2D eigenvalue weighted by Crippen LogP contribution is 2.48. The summed E-state index contributed by atoms with van der Waals surface area (Å²) in [4.78, 5) is 12.3. The molecule has 1 fully saturated rings. The van der Waals surface area contributed by atoms with Crippen molar-refractivity contribution in [2.45, 2.75) is 38.5 Å². The van der Waals surface area contributed by atoms with Crippen molar-refractivity contribution in [3.8, 4) is 5.75 Å². The van der Waals surface area contributed by atoms with E-state index < -0.39 is 0 Å². The van der Waals surface area contributed by atoms with E-state index in [1.807, 2.05) is 24.3 Å². The molecule has 1 aliphatic carbocycles. The quantitative estimate of drug-likeness (QED) is 0.826. The highest BCUT2D eigenvalue weighted by Gasteiger charge is 2.43. The van der Waals surface area contributed by atoms with Crippen molar-refractivity contribution in [2.24, 2.45) is 5.92 Å². The van der Waals surface area contributed by atoms with Crippen LogP contribution in [0.3, 0.4) is 0 Å². The molecule has 0 aliphatic heterocycles. The summed E-state index contributed by atoms with van der Waals surface area (Å²) in [6, 6.07) is 15.3. The smallest absolute Gasteiger partial charge is 0.228 e. The molecular formula is C20H23NO2. The second kappa shape index (κ2) is 6.86. The minimum absolute atomic E-state index is 0.0410. The summed E-state index contributed by atoms with van der Waals surface area (Å²) in [5.41, 5.74) is 3.31. The highest BCUT2D eigenvalue weighted by molar-refractivity contribution is 5.95. The van der Waals surface area contributed by atoms with Crippen molar-refractivity contribution in [1.29, 1.82) is 0 Å². The summed E-state index contributed by atoms with van der Waals surface area (Å²) in [5.74, 6) is 0.668. The Labute approximate surface area is 137 Å². The number of anilines is 1. The number of unbranched alkanes of at least 4 members (excludes halogenated alkanes) is 1. The molecule has 2 aromatic carbocycles. The molecular weight excluding hydrogens is 286 g/mol. The standard InChI is InChI=1S/C20H23NO2/c1-2-3-4-14-5-9-16(10-6-14)21-20(23)19-13-18(19)15-7-11-17(22)12-8-15/h5-12,18-19,22H,2-4,13H2,1H3,(H,21,23). The molecule has 1 amide bonds. The Morgan fingerprint density at radius 1 is 1.13 bits per heavy atom. The number of nitrogens with one attached hydrogen (secondary N) is 1. The van der Waals surface area contributed by atoms with Gasteiger partial charge in [-0.05, 0) is 60.6 Å². The van der Waals surface area contributed by atoms with Gasteiger partial charge in [0.2, 0.25) is 5.91 Å². The van der Waals surface area contributed by atoms with Gasteiger partial charge in [-0.25, -0.2) is 0 Å². The van der Waals surface area contributed by atoms with Gasteiger partial charge in [-0.15, -0.1) is 0 Å². The van der Waals surface area contributed by atoms with Crippen molar-refractivity contribution in [1.82, 2.24) is 0 Å². The summed E-state index contributed by atoms with van der Waals surface area (Å²) >= 11 is 0. The zero-order chi connectivity index (χ0) is 16.2. The minimum Gasteiger partial charge on any atom is -0.508 e. The maximum atomic E-state index is 12.3. The van der Waals surface area contributed by atoms with Gasteiger partial charge in [-0.1, -0.05) is 37.6 Å². The lowest BCUT2D eigenvalue weighted by molar-refractivity contribution is -0.117. The Morgan fingerprint density at radius 3 is 2.48 bits per heavy atom. The molecule has 1 saturated carbocycles. The average molecular weight is 309 g/mol. The van der Waals surface area contributed by atoms with E-state index in [0.717, 1.165) is 24.1 Å². The van der Waals surface area contributed by atoms with Gasteiger partial charge in [-0.2, -0.15) is 0 Å². The Hall–Kier alpha value is -2.29. The molecule has 0 spiro atoms. The highest BCUT2D eigenvalue weighted by atomic mass is 16.3. The summed E-state index contributed by atoms with van der Waals surface area (Å²) in [6.45, 7) is 2.19. The third-order valence-electron chi connectivity index (χ3n) is 4.49. The summed E-state index contributed by atoms with van der Waals surface area (Å²) in [7, 11) is 0. The van der Waals surface area contributed by atoms with Crippen LogP contribution < -0.4 is 5.32 Å². The van der Waals surface area contributed by atoms with E-state index in [-0.39, 0.29) is 23.5 Å². The molecule has 0 bridgehead atoms. The summed E-state index contributed by atoms with van der Waals surface area (Å²) in [5, 5.41) is 12.3. The van der Waals surface area contributed by atoms with E-state index in [1.165, 1.54) is 18.4 Å². The van der Waals surface area contributed by atoms with Crippen LogP contribution in [0.1, 0.15) is 43.2 Å². The van der Waals surface area contributed by atoms with Crippen LogP contribution in [0, 0.1) is 5.92 Å². The van der Waals surface area contributed by atoms with Gasteiger partial charge in [0.15, 0.2) is 0 Å². The van der Waals surface area contributed by atoms with Crippen LogP contribution >= 0.6 is 0 Å². The number of carbonyl (C=O) groups is 1. The van der Waals surface area contributed by atoms with Gasteiger partial charge in [0.05, 0.1) is 0 Å². The number of amides is 1. The van der Waals surface area contributed by atoms with Crippen LogP contribution in [0.4, 0.5) is 5.69 Å². The van der Waals surface area contributed by atoms with E-state index in [1.54, 1.807) is 12.1 Å². The van der Waals surface area contributed by atoms with Crippen LogP contribution in [0.15, 0.2) is 48.5 Å². The molecule has 23 heavy (non-hydrogen) atoms. The molecule has 1 aliphatic rings. The fourth-order valence-corrected chi connectivity index (χ4v) is 2.95. The Bertz CT molecular complexity index is 661. The predicted octanol–water partition coefficient (Wildman–Crippen LogP) is 4.48. The number of phenolic OH excluding ortho intramolecular Hbond substituents is 1. The van der Waals surface area contributed by atoms with Crippen LogP contribution in [0.2, 0.25) is 0 Å². The molecule has 2 N–H and O–H groups in total. The number of hydrogen-bond acceptors (Lipinski definition) is 2. The number of benzene rings is 2. The average Bonchev–Trinajstić information content (AvgIpc) is 3.36. The number of carbonyl (C=O) groups excluding carboxylic acids is 1. The first kappa shape index (κ1) is 15.6. The van der Waals surface area contributed by atoms with Gasteiger partial charge in [0.25, 0.3) is 0 Å². The Kier molecular flexibility index (Phi) is 4.65. The molecule has 0 heterocycles. The Morgan fingerprint density at radius 2 is 1.83 bits per heavy atom. The second-order valence-electron chi connectivity index (χ2n) is 6.33. The molecule has 120 valence electrons. The molecule has 2 atom stereocenters. The fourth-order valence-electron chi connectivity index (χ4n) is 2.95. The monoisotopic (exact) mass is 309 g/mol. The van der Waals surface area contributed by atoms with Crippen molar-refractivity contribution in [2.75, 3.05) is 5.32 Å². The maximum Gasteiger partial charge on any atom is 0.228 e. The van der Waals surface area contributed by atoms with Gasteiger partial charge in [0.1, 0.15) is 5.75 Å². The van der Waals surface area contributed by atoms with E-state index >= 15 is 0 Å². The third kappa shape index (κ3) is 3.92. The van der Waals surface area contributed by atoms with Crippen LogP contribution in [-0.4, -0.2) is 11.0 Å². The molecule has 3 heteroatoms. The SMILES string of the molecule is CCCCc1ccc(NC(=O)C2CC2c2ccc(O)cc2)cc1. The van der Waals surface area contributed by atoms with E-state index in [2.05, 4.69) is 24.4 Å². The lowest BCUT2D eigenvalue weighted by atomic mass is 10.1. The normalized spacial score (nSPS) is 19.3. The molecule has 0 saturated heterocycles. The molecule has 0 radical (unpaired) electrons. The van der Waals surface area contributed by atoms with Gasteiger partial charge in [0, 0.05) is 11.6 Å².